The Morgan fingerprint density at radius 2 is 1.86 bits per heavy atom. The summed E-state index contributed by atoms with van der Waals surface area (Å²) in [6.07, 6.45) is 2.14. The summed E-state index contributed by atoms with van der Waals surface area (Å²) in [5, 5.41) is 8.71. The van der Waals surface area contributed by atoms with Crippen LogP contribution in [0.25, 0.3) is 0 Å². The molecule has 1 heterocycles. The van der Waals surface area contributed by atoms with Crippen molar-refractivity contribution in [3.63, 3.8) is 0 Å². The summed E-state index contributed by atoms with van der Waals surface area (Å²) < 4.78 is 33.3. The van der Waals surface area contributed by atoms with Gasteiger partial charge in [0.25, 0.3) is 15.9 Å². The Balaban J connectivity index is 1.88. The van der Waals surface area contributed by atoms with Crippen molar-refractivity contribution in [1.29, 1.82) is 5.26 Å². The first-order valence-electron chi connectivity index (χ1n) is 8.90. The zero-order valence-electron chi connectivity index (χ0n) is 15.5. The van der Waals surface area contributed by atoms with Crippen molar-refractivity contribution in [3.05, 3.63) is 53.6 Å². The summed E-state index contributed by atoms with van der Waals surface area (Å²) in [5.74, 6) is 0.115. The van der Waals surface area contributed by atoms with Crippen molar-refractivity contribution in [3.8, 4) is 11.8 Å². The van der Waals surface area contributed by atoms with Gasteiger partial charge in [-0.3, -0.25) is 9.52 Å². The van der Waals surface area contributed by atoms with E-state index >= 15 is 0 Å². The standard InChI is InChI=1S/C20H21N3O4S/c1-27-19-9-8-17(14-18(19)20(24)23-12-2-3-13-23)28(25,26)22-16-6-4-15(5-7-16)10-11-21/h4-9,14,22H,2-3,10,12-13H2,1H3. The minimum absolute atomic E-state index is 0.0167. The average molecular weight is 399 g/mol. The lowest BCUT2D eigenvalue weighted by Crippen LogP contribution is -2.28. The van der Waals surface area contributed by atoms with Crippen LogP contribution in [0.1, 0.15) is 28.8 Å². The number of likely N-dealkylation sites (tertiary alicyclic amines) is 1. The van der Waals surface area contributed by atoms with Gasteiger partial charge in [-0.2, -0.15) is 5.26 Å². The van der Waals surface area contributed by atoms with Gasteiger partial charge >= 0.3 is 0 Å². The van der Waals surface area contributed by atoms with Gasteiger partial charge in [0.1, 0.15) is 5.75 Å². The Kier molecular flexibility index (Phi) is 5.85. The van der Waals surface area contributed by atoms with E-state index in [-0.39, 0.29) is 22.8 Å². The Morgan fingerprint density at radius 3 is 2.46 bits per heavy atom. The molecule has 3 rings (SSSR count). The number of ether oxygens (including phenoxy) is 1. The number of carbonyl (C=O) groups excluding carboxylic acids is 1. The maximum Gasteiger partial charge on any atom is 0.261 e. The van der Waals surface area contributed by atoms with Crippen molar-refractivity contribution >= 4 is 21.6 Å². The van der Waals surface area contributed by atoms with Crippen LogP contribution >= 0.6 is 0 Å². The number of anilines is 1. The molecule has 0 aliphatic carbocycles. The third-order valence-corrected chi connectivity index (χ3v) is 5.97. The number of carbonyl (C=O) groups is 1. The second-order valence-electron chi connectivity index (χ2n) is 6.50. The molecular formula is C20H21N3O4S. The lowest BCUT2D eigenvalue weighted by molar-refractivity contribution is 0.0789. The number of amides is 1. The highest BCUT2D eigenvalue weighted by atomic mass is 32.2. The van der Waals surface area contributed by atoms with E-state index in [9.17, 15) is 13.2 Å². The van der Waals surface area contributed by atoms with Crippen LogP contribution in [0.3, 0.4) is 0 Å². The quantitative estimate of drug-likeness (QED) is 0.805. The molecule has 146 valence electrons. The molecule has 28 heavy (non-hydrogen) atoms. The van der Waals surface area contributed by atoms with Crippen molar-refractivity contribution in [2.75, 3.05) is 24.9 Å². The number of methoxy groups -OCH3 is 1. The lowest BCUT2D eigenvalue weighted by atomic mass is 10.1. The molecule has 1 saturated heterocycles. The third kappa shape index (κ3) is 4.26. The molecule has 1 N–H and O–H groups in total. The predicted octanol–water partition coefficient (Wildman–Crippen LogP) is 2.80. The van der Waals surface area contributed by atoms with Gasteiger partial charge in [0.05, 0.1) is 30.1 Å². The summed E-state index contributed by atoms with van der Waals surface area (Å²) in [4.78, 5) is 14.5. The largest absolute Gasteiger partial charge is 0.496 e. The van der Waals surface area contributed by atoms with Crippen LogP contribution in [0.4, 0.5) is 5.69 Å². The van der Waals surface area contributed by atoms with Gasteiger partial charge in [-0.15, -0.1) is 0 Å². The topological polar surface area (TPSA) is 99.5 Å². The molecule has 0 unspecified atom stereocenters. The molecule has 0 atom stereocenters. The Hall–Kier alpha value is -3.05. The molecule has 0 radical (unpaired) electrons. The van der Waals surface area contributed by atoms with E-state index in [1.54, 1.807) is 29.2 Å². The minimum atomic E-state index is -3.88. The van der Waals surface area contributed by atoms with Crippen molar-refractivity contribution < 1.29 is 17.9 Å². The van der Waals surface area contributed by atoms with Crippen LogP contribution in [0, 0.1) is 11.3 Å². The molecular weight excluding hydrogens is 378 g/mol. The Bertz CT molecular complexity index is 1000. The fourth-order valence-electron chi connectivity index (χ4n) is 3.11. The molecule has 1 aliphatic heterocycles. The predicted molar refractivity (Wildman–Crippen MR) is 105 cm³/mol. The molecule has 7 nitrogen and oxygen atoms in total. The first-order chi connectivity index (χ1) is 13.4. The van der Waals surface area contributed by atoms with Gasteiger partial charge in [-0.1, -0.05) is 12.1 Å². The molecule has 0 spiro atoms. The number of nitrogens with zero attached hydrogens (tertiary/aromatic N) is 2. The summed E-state index contributed by atoms with van der Waals surface area (Å²) in [6, 6.07) is 12.9. The molecule has 8 heteroatoms. The van der Waals surface area contributed by atoms with Crippen LogP contribution in [-0.2, 0) is 16.4 Å². The van der Waals surface area contributed by atoms with Gasteiger partial charge in [0.2, 0.25) is 0 Å². The monoisotopic (exact) mass is 399 g/mol. The third-order valence-electron chi connectivity index (χ3n) is 4.59. The number of nitrogens with one attached hydrogen (secondary N) is 1. The van der Waals surface area contributed by atoms with Gasteiger partial charge in [0.15, 0.2) is 0 Å². The fraction of sp³-hybridized carbons (Fsp3) is 0.300. The van der Waals surface area contributed by atoms with E-state index in [2.05, 4.69) is 4.72 Å². The van der Waals surface area contributed by atoms with Crippen molar-refractivity contribution in [2.24, 2.45) is 0 Å². The van der Waals surface area contributed by atoms with E-state index in [1.807, 2.05) is 6.07 Å². The summed E-state index contributed by atoms with van der Waals surface area (Å²) in [7, 11) is -2.43. The molecule has 2 aromatic rings. The highest BCUT2D eigenvalue weighted by Gasteiger charge is 2.25. The first kappa shape index (κ1) is 19.7. The van der Waals surface area contributed by atoms with Gasteiger partial charge in [0, 0.05) is 18.8 Å². The molecule has 1 aliphatic rings. The van der Waals surface area contributed by atoms with Crippen LogP contribution in [0.5, 0.6) is 5.75 Å². The molecule has 1 amide bonds. The Labute approximate surface area is 164 Å². The van der Waals surface area contributed by atoms with E-state index in [0.29, 0.717) is 24.5 Å². The van der Waals surface area contributed by atoms with Crippen molar-refractivity contribution in [1.82, 2.24) is 4.90 Å². The number of sulfonamides is 1. The maximum absolute atomic E-state index is 12.8. The number of hydrogen-bond donors (Lipinski definition) is 1. The maximum atomic E-state index is 12.8. The van der Waals surface area contributed by atoms with Gasteiger partial charge < -0.3 is 9.64 Å². The van der Waals surface area contributed by atoms with Crippen LogP contribution in [0.15, 0.2) is 47.4 Å². The fourth-order valence-corrected chi connectivity index (χ4v) is 4.19. The van der Waals surface area contributed by atoms with Gasteiger partial charge in [-0.25, -0.2) is 8.42 Å². The average Bonchev–Trinajstić information content (AvgIpc) is 3.23. The lowest BCUT2D eigenvalue weighted by Gasteiger charge is -2.18. The van der Waals surface area contributed by atoms with E-state index in [1.165, 1.54) is 25.3 Å². The molecule has 2 aromatic carbocycles. The first-order valence-corrected chi connectivity index (χ1v) is 10.4. The van der Waals surface area contributed by atoms with E-state index < -0.39 is 10.0 Å². The van der Waals surface area contributed by atoms with Crippen LogP contribution in [0.2, 0.25) is 0 Å². The number of nitriles is 1. The molecule has 1 fully saturated rings. The summed E-state index contributed by atoms with van der Waals surface area (Å²) in [5.41, 5.74) is 1.41. The number of rotatable bonds is 6. The summed E-state index contributed by atoms with van der Waals surface area (Å²) in [6.45, 7) is 1.32. The highest BCUT2D eigenvalue weighted by Crippen LogP contribution is 2.26. The molecule has 0 saturated carbocycles. The normalized spacial score (nSPS) is 13.8. The van der Waals surface area contributed by atoms with E-state index in [4.69, 9.17) is 10.00 Å². The molecule has 0 aromatic heterocycles. The van der Waals surface area contributed by atoms with Crippen molar-refractivity contribution in [2.45, 2.75) is 24.2 Å². The zero-order chi connectivity index (χ0) is 20.1. The van der Waals surface area contributed by atoms with E-state index in [0.717, 1.165) is 18.4 Å². The number of benzene rings is 2. The van der Waals surface area contributed by atoms with Gasteiger partial charge in [-0.05, 0) is 48.7 Å². The van der Waals surface area contributed by atoms with Crippen LogP contribution < -0.4 is 9.46 Å². The highest BCUT2D eigenvalue weighted by molar-refractivity contribution is 7.92. The Morgan fingerprint density at radius 1 is 1.18 bits per heavy atom. The summed E-state index contributed by atoms with van der Waals surface area (Å²) >= 11 is 0. The SMILES string of the molecule is COc1ccc(S(=O)(=O)Nc2ccc(CC#N)cc2)cc1C(=O)N1CCCC1. The van der Waals surface area contributed by atoms with Crippen LogP contribution in [-0.4, -0.2) is 39.4 Å². The minimum Gasteiger partial charge on any atom is -0.496 e. The molecule has 0 bridgehead atoms. The second kappa shape index (κ2) is 8.31. The number of hydrogen-bond acceptors (Lipinski definition) is 5. The second-order valence-corrected chi connectivity index (χ2v) is 8.18. The zero-order valence-corrected chi connectivity index (χ0v) is 16.3. The smallest absolute Gasteiger partial charge is 0.261 e.